The lowest BCUT2D eigenvalue weighted by Crippen LogP contribution is -2.64. The van der Waals surface area contributed by atoms with Crippen LogP contribution in [0.25, 0.3) is 0 Å². The highest BCUT2D eigenvalue weighted by atomic mass is 35.5. The second kappa shape index (κ2) is 13.3. The lowest BCUT2D eigenvalue weighted by molar-refractivity contribution is -0.145. The highest BCUT2D eigenvalue weighted by Gasteiger charge is 2.71. The Labute approximate surface area is 268 Å². The number of ether oxygens (including phenoxy) is 4. The molecule has 0 aromatic heterocycles. The smallest absolute Gasteiger partial charge is 0.409 e. The first-order valence-corrected chi connectivity index (χ1v) is 15.3. The van der Waals surface area contributed by atoms with Gasteiger partial charge >= 0.3 is 12.1 Å². The summed E-state index contributed by atoms with van der Waals surface area (Å²) in [5.41, 5.74) is -1.39. The maximum Gasteiger partial charge on any atom is 0.409 e. The molecule has 4 bridgehead atoms. The quantitative estimate of drug-likeness (QED) is 0.336. The third-order valence-corrected chi connectivity index (χ3v) is 9.79. The molecular weight excluding hydrogens is 606 g/mol. The van der Waals surface area contributed by atoms with Crippen molar-refractivity contribution in [3.8, 4) is 5.75 Å². The Morgan fingerprint density at radius 1 is 1.31 bits per heavy atom. The molecule has 7 atom stereocenters. The Morgan fingerprint density at radius 3 is 2.67 bits per heavy atom. The summed E-state index contributed by atoms with van der Waals surface area (Å²) in [5, 5.41) is 27.1. The molecule has 4 rings (SSSR count). The van der Waals surface area contributed by atoms with Crippen LogP contribution in [-0.4, -0.2) is 91.2 Å². The molecule has 0 radical (unpaired) electrons. The van der Waals surface area contributed by atoms with Gasteiger partial charge < -0.3 is 39.4 Å². The number of carbonyl (C=O) groups is 3. The van der Waals surface area contributed by atoms with Crippen LogP contribution in [0, 0.1) is 5.92 Å². The number of fused-ring (bicyclic) bond motifs is 5. The van der Waals surface area contributed by atoms with Crippen molar-refractivity contribution >= 4 is 35.3 Å². The van der Waals surface area contributed by atoms with Gasteiger partial charge in [0.15, 0.2) is 5.72 Å². The van der Waals surface area contributed by atoms with Crippen LogP contribution in [-0.2, 0) is 30.2 Å². The fourth-order valence-corrected chi connectivity index (χ4v) is 6.73. The van der Waals surface area contributed by atoms with Crippen LogP contribution in [0.4, 0.5) is 10.5 Å². The number of benzene rings is 1. The Kier molecular flexibility index (Phi) is 10.3. The minimum atomic E-state index is -1.81. The number of allylic oxidation sites excluding steroid dienone is 3. The number of carboxylic acids is 1. The zero-order chi connectivity index (χ0) is 33.3. The molecular formula is C32H44ClN3O9. The number of halogens is 1. The molecule has 0 spiro atoms. The molecule has 2 saturated heterocycles. The van der Waals surface area contributed by atoms with Crippen LogP contribution < -0.4 is 20.3 Å². The summed E-state index contributed by atoms with van der Waals surface area (Å²) >= 11 is 6.67. The zero-order valence-electron chi connectivity index (χ0n) is 26.8. The number of aliphatic carboxylic acids is 1. The van der Waals surface area contributed by atoms with E-state index in [0.29, 0.717) is 22.9 Å². The summed E-state index contributed by atoms with van der Waals surface area (Å²) in [6.07, 6.45) is 3.57. The molecule has 1 aromatic carbocycles. The molecule has 3 heterocycles. The highest BCUT2D eigenvalue weighted by Crippen LogP contribution is 2.57. The molecule has 45 heavy (non-hydrogen) atoms. The fraction of sp³-hybridized carbons (Fsp3) is 0.594. The second-order valence-corrected chi connectivity index (χ2v) is 12.8. The minimum Gasteiger partial charge on any atom is -0.495 e. The number of alkyl carbamates (subject to hydrolysis) is 1. The summed E-state index contributed by atoms with van der Waals surface area (Å²) in [7, 11) is 4.61. The lowest BCUT2D eigenvalue weighted by atomic mass is 9.75. The van der Waals surface area contributed by atoms with Crippen LogP contribution >= 0.6 is 11.6 Å². The zero-order valence-corrected chi connectivity index (χ0v) is 27.6. The summed E-state index contributed by atoms with van der Waals surface area (Å²) in [6, 6.07) is 2.79. The van der Waals surface area contributed by atoms with E-state index in [9.17, 15) is 24.6 Å². The maximum absolute atomic E-state index is 13.6. The van der Waals surface area contributed by atoms with E-state index >= 15 is 0 Å². The van der Waals surface area contributed by atoms with E-state index in [0.717, 1.165) is 11.1 Å². The van der Waals surface area contributed by atoms with Crippen molar-refractivity contribution in [3.05, 3.63) is 46.5 Å². The molecule has 3 aliphatic rings. The van der Waals surface area contributed by atoms with E-state index in [-0.39, 0.29) is 31.7 Å². The maximum atomic E-state index is 13.6. The van der Waals surface area contributed by atoms with Crippen LogP contribution in [0.3, 0.4) is 0 Å². The first-order chi connectivity index (χ1) is 21.1. The number of rotatable bonds is 6. The normalized spacial score (nSPS) is 34.8. The molecule has 0 unspecified atom stereocenters. The number of hydrogen-bond donors (Lipinski definition) is 4. The van der Waals surface area contributed by atoms with Crippen LogP contribution in [0.15, 0.2) is 35.9 Å². The van der Waals surface area contributed by atoms with Gasteiger partial charge in [-0.15, -0.1) is 0 Å². The number of methoxy groups -OCH3 is 2. The molecule has 12 nitrogen and oxygen atoms in total. The van der Waals surface area contributed by atoms with Crippen molar-refractivity contribution in [1.29, 1.82) is 0 Å². The fourth-order valence-electron chi connectivity index (χ4n) is 6.41. The van der Waals surface area contributed by atoms with E-state index < -0.39 is 53.2 Å². The van der Waals surface area contributed by atoms with Gasteiger partial charge in [0.1, 0.15) is 34.6 Å². The topological polar surface area (TPSA) is 159 Å². The lowest BCUT2D eigenvalue weighted by Gasteiger charge is -2.43. The molecule has 13 heteroatoms. The number of anilines is 1. The molecule has 2 fully saturated rings. The van der Waals surface area contributed by atoms with Gasteiger partial charge in [-0.1, -0.05) is 42.3 Å². The molecule has 3 aliphatic heterocycles. The number of carbonyl (C=O) groups excluding carboxylic acids is 2. The first kappa shape index (κ1) is 34.7. The van der Waals surface area contributed by atoms with Gasteiger partial charge in [-0.05, 0) is 51.3 Å². The van der Waals surface area contributed by atoms with E-state index in [1.165, 1.54) is 26.0 Å². The number of amides is 2. The third-order valence-electron chi connectivity index (χ3n) is 9.41. The average Bonchev–Trinajstić information content (AvgIpc) is 3.60. The predicted octanol–water partition coefficient (Wildman–Crippen LogP) is 3.58. The summed E-state index contributed by atoms with van der Waals surface area (Å²) in [5.74, 6) is -1.33. The average molecular weight is 650 g/mol. The van der Waals surface area contributed by atoms with Gasteiger partial charge in [-0.2, -0.15) is 0 Å². The highest BCUT2D eigenvalue weighted by molar-refractivity contribution is 6.35. The van der Waals surface area contributed by atoms with E-state index in [1.807, 2.05) is 39.0 Å². The van der Waals surface area contributed by atoms with Gasteiger partial charge in [0.05, 0.1) is 18.4 Å². The standard InChI is InChI=1S/C32H44ClN3O9/c1-18-9-8-10-25(43-7)32(41)16-24(44-29(40)35-32)19(2)31(17-34-20(3)28(38)39)30(4,45-31)12-11-26(37)36(5)22-14-21(13-18)15-23(42-6)27(22)33/h8-10,14-15,19-20,24-25,34,41H,11-13,16-17H2,1-7H3,(H,35,40)(H,38,39)/b10-8+,18-9+/t19-,20+,24+,25-,30+,31+,32+/m1/s1. The summed E-state index contributed by atoms with van der Waals surface area (Å²) in [4.78, 5) is 39.5. The summed E-state index contributed by atoms with van der Waals surface area (Å²) < 4.78 is 23.3. The van der Waals surface area contributed by atoms with Crippen molar-refractivity contribution in [2.45, 2.75) is 88.6 Å². The molecule has 0 aliphatic carbocycles. The van der Waals surface area contributed by atoms with Crippen LogP contribution in [0.1, 0.15) is 52.5 Å². The van der Waals surface area contributed by atoms with Crippen LogP contribution in [0.2, 0.25) is 5.02 Å². The number of nitrogens with one attached hydrogen (secondary N) is 2. The van der Waals surface area contributed by atoms with Gasteiger partial charge in [0, 0.05) is 39.5 Å². The third kappa shape index (κ3) is 7.00. The molecule has 0 saturated carbocycles. The van der Waals surface area contributed by atoms with Crippen molar-refractivity contribution in [2.24, 2.45) is 5.92 Å². The predicted molar refractivity (Wildman–Crippen MR) is 168 cm³/mol. The Balaban J connectivity index is 1.78. The monoisotopic (exact) mass is 649 g/mol. The summed E-state index contributed by atoms with van der Waals surface area (Å²) in [6.45, 7) is 7.25. The Hall–Kier alpha value is -3.16. The first-order valence-electron chi connectivity index (χ1n) is 15.0. The van der Waals surface area contributed by atoms with Crippen LogP contribution in [0.5, 0.6) is 5.75 Å². The van der Waals surface area contributed by atoms with E-state index in [1.54, 1.807) is 19.2 Å². The van der Waals surface area contributed by atoms with E-state index in [2.05, 4.69) is 10.6 Å². The number of epoxide rings is 1. The molecule has 4 N–H and O–H groups in total. The van der Waals surface area contributed by atoms with Gasteiger partial charge in [0.25, 0.3) is 0 Å². The molecule has 2 amide bonds. The largest absolute Gasteiger partial charge is 0.495 e. The Bertz CT molecular complexity index is 1390. The van der Waals surface area contributed by atoms with Gasteiger partial charge in [-0.25, -0.2) is 4.79 Å². The number of aliphatic hydroxyl groups is 1. The van der Waals surface area contributed by atoms with Crippen molar-refractivity contribution in [1.82, 2.24) is 10.6 Å². The van der Waals surface area contributed by atoms with Crippen molar-refractivity contribution in [3.63, 3.8) is 0 Å². The van der Waals surface area contributed by atoms with Gasteiger partial charge in [0.2, 0.25) is 5.91 Å². The van der Waals surface area contributed by atoms with Crippen molar-refractivity contribution < 1.29 is 43.5 Å². The molecule has 1 aromatic rings. The second-order valence-electron chi connectivity index (χ2n) is 12.5. The minimum absolute atomic E-state index is 0.0348. The van der Waals surface area contributed by atoms with Gasteiger partial charge in [-0.3, -0.25) is 14.9 Å². The van der Waals surface area contributed by atoms with Crippen molar-refractivity contribution in [2.75, 3.05) is 32.7 Å². The molecule has 248 valence electrons. The number of hydrogen-bond acceptors (Lipinski definition) is 9. The van der Waals surface area contributed by atoms with E-state index in [4.69, 9.17) is 30.5 Å². The number of carboxylic acid groups (broad SMARTS) is 1. The SMILES string of the molecule is COc1cc2cc(c1Cl)N(C)C(=O)CC[C@]1(C)O[C@@]1(CN[C@@H](C)C(=O)O)[C@H](C)[C@@H]1C[C@@](O)(NC(=O)O1)[C@H](OC)/C=C/C=C(\C)C2. The number of nitrogens with zero attached hydrogens (tertiary/aromatic N) is 1. The Morgan fingerprint density at radius 2 is 2.02 bits per heavy atom.